The molecule has 128 valence electrons. The molecule has 1 atom stereocenters. The third-order valence-electron chi connectivity index (χ3n) is 4.24. The van der Waals surface area contributed by atoms with Crippen LogP contribution < -0.4 is 15.4 Å². The highest BCUT2D eigenvalue weighted by molar-refractivity contribution is 14.0. The molecule has 0 amide bonds. The van der Waals surface area contributed by atoms with Gasteiger partial charge in [-0.05, 0) is 45.6 Å². The minimum atomic E-state index is -0.167. The van der Waals surface area contributed by atoms with Crippen molar-refractivity contribution in [1.82, 2.24) is 10.6 Å². The second-order valence-corrected chi connectivity index (χ2v) is 6.96. The van der Waals surface area contributed by atoms with E-state index in [2.05, 4.69) is 49.6 Å². The number of hydrogen-bond acceptors (Lipinski definition) is 2. The molecule has 4 nitrogen and oxygen atoms in total. The summed E-state index contributed by atoms with van der Waals surface area (Å²) in [6, 6.07) is 8.54. The normalized spacial score (nSPS) is 22.4. The van der Waals surface area contributed by atoms with E-state index in [0.717, 1.165) is 37.1 Å². The Morgan fingerprint density at radius 2 is 2.04 bits per heavy atom. The van der Waals surface area contributed by atoms with Crippen molar-refractivity contribution in [2.75, 3.05) is 13.1 Å². The summed E-state index contributed by atoms with van der Waals surface area (Å²) in [5.41, 5.74) is 1.05. The highest BCUT2D eigenvalue weighted by Gasteiger charge is 2.34. The fourth-order valence-electron chi connectivity index (χ4n) is 2.94. The van der Waals surface area contributed by atoms with Crippen LogP contribution in [-0.2, 0) is 0 Å². The number of halogens is 1. The van der Waals surface area contributed by atoms with Crippen LogP contribution in [0, 0.1) is 5.92 Å². The van der Waals surface area contributed by atoms with Gasteiger partial charge in [0, 0.05) is 25.1 Å². The summed E-state index contributed by atoms with van der Waals surface area (Å²) < 4.78 is 6.10. The summed E-state index contributed by atoms with van der Waals surface area (Å²) >= 11 is 0. The number of rotatable bonds is 4. The average Bonchev–Trinajstić information content (AvgIpc) is 3.28. The Labute approximate surface area is 156 Å². The lowest BCUT2D eigenvalue weighted by molar-refractivity contribution is 0.0694. The van der Waals surface area contributed by atoms with Crippen molar-refractivity contribution in [1.29, 1.82) is 0 Å². The molecule has 0 radical (unpaired) electrons. The second kappa shape index (κ2) is 7.73. The van der Waals surface area contributed by atoms with Crippen LogP contribution in [0.1, 0.15) is 51.6 Å². The Hall–Kier alpha value is -0.980. The predicted molar refractivity (Wildman–Crippen MR) is 106 cm³/mol. The first-order chi connectivity index (χ1) is 10.6. The van der Waals surface area contributed by atoms with Crippen LogP contribution in [-0.4, -0.2) is 24.7 Å². The molecule has 1 aromatic rings. The molecule has 5 heteroatoms. The van der Waals surface area contributed by atoms with Crippen molar-refractivity contribution in [3.05, 3.63) is 29.8 Å². The summed E-state index contributed by atoms with van der Waals surface area (Å²) in [7, 11) is 0. The molecule has 3 rings (SSSR count). The van der Waals surface area contributed by atoms with Gasteiger partial charge < -0.3 is 15.4 Å². The molecule has 0 saturated heterocycles. The lowest BCUT2D eigenvalue weighted by atomic mass is 9.90. The van der Waals surface area contributed by atoms with Crippen LogP contribution in [0.25, 0.3) is 0 Å². The summed E-state index contributed by atoms with van der Waals surface area (Å²) in [6.07, 6.45) is 3.59. The Kier molecular flexibility index (Phi) is 6.17. The van der Waals surface area contributed by atoms with Crippen LogP contribution in [0.5, 0.6) is 5.75 Å². The molecule has 1 aliphatic carbocycles. The van der Waals surface area contributed by atoms with E-state index in [1.807, 2.05) is 6.07 Å². The van der Waals surface area contributed by atoms with Crippen LogP contribution in [0.15, 0.2) is 29.3 Å². The molecule has 0 aromatic heterocycles. The number of guanidine groups is 1. The number of benzene rings is 1. The van der Waals surface area contributed by atoms with E-state index in [4.69, 9.17) is 9.73 Å². The van der Waals surface area contributed by atoms with Crippen molar-refractivity contribution >= 4 is 29.9 Å². The molecule has 2 N–H and O–H groups in total. The van der Waals surface area contributed by atoms with E-state index in [-0.39, 0.29) is 35.6 Å². The van der Waals surface area contributed by atoms with Gasteiger partial charge in [0.1, 0.15) is 11.4 Å². The van der Waals surface area contributed by atoms with Gasteiger partial charge in [0.05, 0.1) is 6.04 Å². The summed E-state index contributed by atoms with van der Waals surface area (Å²) in [5, 5.41) is 6.98. The monoisotopic (exact) mass is 429 g/mol. The number of aliphatic imine (C=N–C) groups is 1. The topological polar surface area (TPSA) is 45.7 Å². The predicted octanol–water partition coefficient (Wildman–Crippen LogP) is 3.87. The van der Waals surface area contributed by atoms with Gasteiger partial charge in [-0.25, -0.2) is 0 Å². The minimum absolute atomic E-state index is 0. The zero-order valence-electron chi connectivity index (χ0n) is 14.3. The van der Waals surface area contributed by atoms with E-state index in [1.54, 1.807) is 0 Å². The summed E-state index contributed by atoms with van der Waals surface area (Å²) in [4.78, 5) is 4.74. The van der Waals surface area contributed by atoms with Gasteiger partial charge >= 0.3 is 0 Å². The van der Waals surface area contributed by atoms with Gasteiger partial charge in [-0.2, -0.15) is 0 Å². The van der Waals surface area contributed by atoms with Gasteiger partial charge in [0.2, 0.25) is 0 Å². The molecule has 1 aliphatic heterocycles. The molecule has 1 unspecified atom stereocenters. The van der Waals surface area contributed by atoms with E-state index in [0.29, 0.717) is 0 Å². The van der Waals surface area contributed by atoms with E-state index < -0.39 is 0 Å². The van der Waals surface area contributed by atoms with E-state index >= 15 is 0 Å². The first-order valence-corrected chi connectivity index (χ1v) is 8.40. The van der Waals surface area contributed by atoms with Crippen molar-refractivity contribution in [2.24, 2.45) is 10.9 Å². The summed E-state index contributed by atoms with van der Waals surface area (Å²) in [5.74, 6) is 2.70. The third-order valence-corrected chi connectivity index (χ3v) is 4.24. The maximum Gasteiger partial charge on any atom is 0.191 e. The fraction of sp³-hybridized carbons (Fsp3) is 0.611. The first kappa shape index (κ1) is 18.4. The zero-order chi connectivity index (χ0) is 15.6. The SMILES string of the molecule is CCNC(=NCC1CC1)NC1CC(C)(C)Oc2ccccc21.I. The molecule has 2 aliphatic rings. The lowest BCUT2D eigenvalue weighted by Crippen LogP contribution is -2.45. The number of nitrogens with zero attached hydrogens (tertiary/aromatic N) is 1. The molecule has 1 heterocycles. The van der Waals surface area contributed by atoms with Gasteiger partial charge in [0.25, 0.3) is 0 Å². The van der Waals surface area contributed by atoms with Gasteiger partial charge in [-0.1, -0.05) is 18.2 Å². The quantitative estimate of drug-likeness (QED) is 0.434. The van der Waals surface area contributed by atoms with Gasteiger partial charge in [0.15, 0.2) is 5.96 Å². The number of ether oxygens (including phenoxy) is 1. The number of hydrogen-bond donors (Lipinski definition) is 2. The first-order valence-electron chi connectivity index (χ1n) is 8.40. The molecule has 1 saturated carbocycles. The maximum absolute atomic E-state index is 6.10. The molecule has 1 fully saturated rings. The molecule has 0 spiro atoms. The van der Waals surface area contributed by atoms with E-state index in [1.165, 1.54) is 18.4 Å². The smallest absolute Gasteiger partial charge is 0.191 e. The Morgan fingerprint density at radius 3 is 2.74 bits per heavy atom. The third kappa shape index (κ3) is 4.99. The van der Waals surface area contributed by atoms with Gasteiger partial charge in [-0.3, -0.25) is 4.99 Å². The largest absolute Gasteiger partial charge is 0.487 e. The standard InChI is InChI=1S/C18H27N3O.HI/c1-4-19-17(20-12-13-9-10-13)21-15-11-18(2,3)22-16-8-6-5-7-14(15)16;/h5-8,13,15H,4,9-12H2,1-3H3,(H2,19,20,21);1H. The lowest BCUT2D eigenvalue weighted by Gasteiger charge is -2.38. The number of para-hydroxylation sites is 1. The maximum atomic E-state index is 6.10. The number of nitrogens with one attached hydrogen (secondary N) is 2. The van der Waals surface area contributed by atoms with Crippen molar-refractivity contribution in [3.8, 4) is 5.75 Å². The molecular weight excluding hydrogens is 401 g/mol. The molecular formula is C18H28IN3O. The van der Waals surface area contributed by atoms with Crippen molar-refractivity contribution in [2.45, 2.75) is 51.7 Å². The molecule has 23 heavy (non-hydrogen) atoms. The average molecular weight is 429 g/mol. The fourth-order valence-corrected chi connectivity index (χ4v) is 2.94. The summed E-state index contributed by atoms with van der Waals surface area (Å²) in [6.45, 7) is 8.21. The Morgan fingerprint density at radius 1 is 1.30 bits per heavy atom. The van der Waals surface area contributed by atoms with Crippen molar-refractivity contribution < 1.29 is 4.74 Å². The highest BCUT2D eigenvalue weighted by atomic mass is 127. The van der Waals surface area contributed by atoms with Crippen molar-refractivity contribution in [3.63, 3.8) is 0 Å². The minimum Gasteiger partial charge on any atom is -0.487 e. The Bertz CT molecular complexity index is 555. The van der Waals surface area contributed by atoms with Crippen LogP contribution >= 0.6 is 24.0 Å². The Balaban J connectivity index is 0.00000192. The highest BCUT2D eigenvalue weighted by Crippen LogP contribution is 2.39. The van der Waals surface area contributed by atoms with E-state index in [9.17, 15) is 0 Å². The van der Waals surface area contributed by atoms with Crippen LogP contribution in [0.2, 0.25) is 0 Å². The van der Waals surface area contributed by atoms with Gasteiger partial charge in [-0.15, -0.1) is 24.0 Å². The second-order valence-electron chi connectivity index (χ2n) is 6.96. The zero-order valence-corrected chi connectivity index (χ0v) is 16.6. The van der Waals surface area contributed by atoms with Crippen LogP contribution in [0.4, 0.5) is 0 Å². The molecule has 1 aromatic carbocycles. The number of fused-ring (bicyclic) bond motifs is 1. The van der Waals surface area contributed by atoms with Crippen LogP contribution in [0.3, 0.4) is 0 Å². The molecule has 0 bridgehead atoms.